The van der Waals surface area contributed by atoms with E-state index in [0.29, 0.717) is 23.0 Å². The second-order valence-corrected chi connectivity index (χ2v) is 8.87. The lowest BCUT2D eigenvalue weighted by atomic mass is 10.0. The minimum Gasteiger partial charge on any atom is -0.348 e. The standard InChI is InChI=1S/C28H30ClN3O/c1-21(23-10-3-2-4-11-23)18-30-15-8-16-32-20-26(25-13-5-6-14-27(25)32)28(33)31-19-22-9-7-12-24(29)17-22/h2-7,9-14,17,20-21,30H,8,15-16,18-19H2,1H3,(H,31,33). The van der Waals surface area contributed by atoms with Gasteiger partial charge in [0.1, 0.15) is 0 Å². The molecule has 1 aromatic heterocycles. The van der Waals surface area contributed by atoms with E-state index in [-0.39, 0.29) is 5.91 Å². The molecule has 33 heavy (non-hydrogen) atoms. The van der Waals surface area contributed by atoms with Crippen LogP contribution < -0.4 is 10.6 Å². The molecule has 0 spiro atoms. The highest BCUT2D eigenvalue weighted by molar-refractivity contribution is 6.30. The maximum atomic E-state index is 12.9. The van der Waals surface area contributed by atoms with Gasteiger partial charge < -0.3 is 15.2 Å². The number of hydrogen-bond donors (Lipinski definition) is 2. The SMILES string of the molecule is CC(CNCCCn1cc(C(=O)NCc2cccc(Cl)c2)c2ccccc21)c1ccccc1. The number of benzene rings is 3. The van der Waals surface area contributed by atoms with Gasteiger partial charge in [0, 0.05) is 41.8 Å². The molecule has 170 valence electrons. The van der Waals surface area contributed by atoms with Crippen LogP contribution in [-0.2, 0) is 13.1 Å². The number of fused-ring (bicyclic) bond motifs is 1. The molecule has 4 rings (SSSR count). The normalized spacial score (nSPS) is 12.1. The third-order valence-corrected chi connectivity index (χ3v) is 6.18. The molecule has 0 radical (unpaired) electrons. The molecule has 1 heterocycles. The van der Waals surface area contributed by atoms with Crippen LogP contribution in [-0.4, -0.2) is 23.6 Å². The average molecular weight is 460 g/mol. The molecule has 0 saturated heterocycles. The highest BCUT2D eigenvalue weighted by Gasteiger charge is 2.14. The van der Waals surface area contributed by atoms with Crippen LogP contribution in [0.1, 0.15) is 40.7 Å². The Morgan fingerprint density at radius 3 is 2.61 bits per heavy atom. The van der Waals surface area contributed by atoms with Crippen molar-refractivity contribution in [2.75, 3.05) is 13.1 Å². The maximum Gasteiger partial charge on any atom is 0.253 e. The summed E-state index contributed by atoms with van der Waals surface area (Å²) in [4.78, 5) is 12.9. The highest BCUT2D eigenvalue weighted by atomic mass is 35.5. The summed E-state index contributed by atoms with van der Waals surface area (Å²) in [5, 5.41) is 8.25. The smallest absolute Gasteiger partial charge is 0.253 e. The number of hydrogen-bond acceptors (Lipinski definition) is 2. The van der Waals surface area contributed by atoms with Crippen LogP contribution in [0.5, 0.6) is 0 Å². The molecule has 3 aromatic carbocycles. The molecule has 4 nitrogen and oxygen atoms in total. The van der Waals surface area contributed by atoms with E-state index in [9.17, 15) is 4.79 Å². The van der Waals surface area contributed by atoms with Gasteiger partial charge >= 0.3 is 0 Å². The Hall–Kier alpha value is -3.08. The van der Waals surface area contributed by atoms with E-state index < -0.39 is 0 Å². The molecule has 0 aliphatic rings. The van der Waals surface area contributed by atoms with Crippen LogP contribution in [0.2, 0.25) is 5.02 Å². The van der Waals surface area contributed by atoms with Crippen molar-refractivity contribution in [1.29, 1.82) is 0 Å². The summed E-state index contributed by atoms with van der Waals surface area (Å²) in [6.45, 7) is 5.43. The first kappa shape index (κ1) is 23.1. The van der Waals surface area contributed by atoms with Gasteiger partial charge in [-0.1, -0.05) is 79.2 Å². The molecule has 0 aliphatic carbocycles. The minimum atomic E-state index is -0.0697. The zero-order valence-electron chi connectivity index (χ0n) is 18.9. The number of amides is 1. The van der Waals surface area contributed by atoms with Gasteiger partial charge in [0.05, 0.1) is 5.56 Å². The second kappa shape index (κ2) is 11.2. The van der Waals surface area contributed by atoms with Crippen LogP contribution in [0.4, 0.5) is 0 Å². The van der Waals surface area contributed by atoms with Crippen molar-refractivity contribution in [3.8, 4) is 0 Å². The molecule has 0 saturated carbocycles. The predicted molar refractivity (Wildman–Crippen MR) is 137 cm³/mol. The van der Waals surface area contributed by atoms with Crippen LogP contribution in [0.15, 0.2) is 85.1 Å². The van der Waals surface area contributed by atoms with E-state index >= 15 is 0 Å². The minimum absolute atomic E-state index is 0.0697. The van der Waals surface area contributed by atoms with Gasteiger partial charge in [-0.15, -0.1) is 0 Å². The lowest BCUT2D eigenvalue weighted by Gasteiger charge is -2.13. The van der Waals surface area contributed by atoms with Crippen LogP contribution in [0.3, 0.4) is 0 Å². The van der Waals surface area contributed by atoms with E-state index in [1.54, 1.807) is 0 Å². The number of carbonyl (C=O) groups is 1. The van der Waals surface area contributed by atoms with Gasteiger partial charge in [-0.2, -0.15) is 0 Å². The molecular formula is C28H30ClN3O. The Bertz CT molecular complexity index is 1200. The summed E-state index contributed by atoms with van der Waals surface area (Å²) in [6, 6.07) is 26.2. The van der Waals surface area contributed by atoms with Crippen molar-refractivity contribution < 1.29 is 4.79 Å². The van der Waals surface area contributed by atoms with Crippen molar-refractivity contribution in [3.05, 3.63) is 107 Å². The van der Waals surface area contributed by atoms with Crippen molar-refractivity contribution >= 4 is 28.4 Å². The molecule has 0 fully saturated rings. The zero-order chi connectivity index (χ0) is 23.0. The molecule has 1 atom stereocenters. The van der Waals surface area contributed by atoms with Gasteiger partial charge in [-0.25, -0.2) is 0 Å². The first-order chi connectivity index (χ1) is 16.1. The molecule has 4 aromatic rings. The first-order valence-corrected chi connectivity index (χ1v) is 11.9. The number of aromatic nitrogens is 1. The fourth-order valence-electron chi connectivity index (χ4n) is 4.13. The molecular weight excluding hydrogens is 430 g/mol. The topological polar surface area (TPSA) is 46.1 Å². The third-order valence-electron chi connectivity index (χ3n) is 5.95. The lowest BCUT2D eigenvalue weighted by Crippen LogP contribution is -2.23. The van der Waals surface area contributed by atoms with Gasteiger partial charge in [0.15, 0.2) is 0 Å². The molecule has 1 amide bonds. The van der Waals surface area contributed by atoms with E-state index in [1.807, 2.05) is 48.7 Å². The van der Waals surface area contributed by atoms with Crippen LogP contribution >= 0.6 is 11.6 Å². The Kier molecular flexibility index (Phi) is 7.82. The summed E-state index contributed by atoms with van der Waals surface area (Å²) in [7, 11) is 0. The summed E-state index contributed by atoms with van der Waals surface area (Å²) in [5.41, 5.74) is 4.13. The summed E-state index contributed by atoms with van der Waals surface area (Å²) in [6.07, 6.45) is 2.97. The van der Waals surface area contributed by atoms with Gasteiger partial charge in [-0.3, -0.25) is 4.79 Å². The van der Waals surface area contributed by atoms with Gasteiger partial charge in [-0.05, 0) is 48.2 Å². The largest absolute Gasteiger partial charge is 0.348 e. The number of nitrogens with one attached hydrogen (secondary N) is 2. The predicted octanol–water partition coefficient (Wildman–Crippen LogP) is 6.01. The fourth-order valence-corrected chi connectivity index (χ4v) is 4.34. The number of nitrogens with zero attached hydrogens (tertiary/aromatic N) is 1. The van der Waals surface area contributed by atoms with E-state index in [4.69, 9.17) is 11.6 Å². The Morgan fingerprint density at radius 1 is 1.00 bits per heavy atom. The van der Waals surface area contributed by atoms with E-state index in [2.05, 4.69) is 58.5 Å². The second-order valence-electron chi connectivity index (χ2n) is 8.44. The van der Waals surface area contributed by atoms with Crippen LogP contribution in [0, 0.1) is 0 Å². The van der Waals surface area contributed by atoms with E-state index in [1.165, 1.54) is 5.56 Å². The molecule has 0 aliphatic heterocycles. The Morgan fingerprint density at radius 2 is 1.79 bits per heavy atom. The van der Waals surface area contributed by atoms with Crippen molar-refractivity contribution in [1.82, 2.24) is 15.2 Å². The quantitative estimate of drug-likeness (QED) is 0.285. The summed E-state index contributed by atoms with van der Waals surface area (Å²) in [5.74, 6) is 0.410. The highest BCUT2D eigenvalue weighted by Crippen LogP contribution is 2.22. The monoisotopic (exact) mass is 459 g/mol. The third kappa shape index (κ3) is 6.04. The summed E-state index contributed by atoms with van der Waals surface area (Å²) >= 11 is 6.06. The number of carbonyl (C=O) groups excluding carboxylic acids is 1. The molecule has 1 unspecified atom stereocenters. The molecule has 5 heteroatoms. The zero-order valence-corrected chi connectivity index (χ0v) is 19.7. The number of aryl methyl sites for hydroxylation is 1. The van der Waals surface area contributed by atoms with E-state index in [0.717, 1.165) is 42.5 Å². The molecule has 0 bridgehead atoms. The molecule has 2 N–H and O–H groups in total. The number of halogens is 1. The van der Waals surface area contributed by atoms with Gasteiger partial charge in [0.25, 0.3) is 5.91 Å². The van der Waals surface area contributed by atoms with Crippen molar-refractivity contribution in [3.63, 3.8) is 0 Å². The number of rotatable bonds is 10. The average Bonchev–Trinajstić information content (AvgIpc) is 3.21. The number of para-hydroxylation sites is 1. The van der Waals surface area contributed by atoms with Crippen molar-refractivity contribution in [2.45, 2.75) is 32.4 Å². The lowest BCUT2D eigenvalue weighted by molar-refractivity contribution is 0.0952. The fraction of sp³-hybridized carbons (Fsp3) is 0.250. The summed E-state index contributed by atoms with van der Waals surface area (Å²) < 4.78 is 2.19. The van der Waals surface area contributed by atoms with Crippen molar-refractivity contribution in [2.24, 2.45) is 0 Å². The Balaban J connectivity index is 1.34. The Labute approximate surface area is 200 Å². The van der Waals surface area contributed by atoms with Crippen LogP contribution in [0.25, 0.3) is 10.9 Å². The van der Waals surface area contributed by atoms with Gasteiger partial charge in [0.2, 0.25) is 0 Å². The maximum absolute atomic E-state index is 12.9. The first-order valence-electron chi connectivity index (χ1n) is 11.5.